The van der Waals surface area contributed by atoms with E-state index in [0.29, 0.717) is 26.6 Å². The molecule has 0 radical (unpaired) electrons. The van der Waals surface area contributed by atoms with E-state index < -0.39 is 23.2 Å². The molecule has 0 aliphatic rings. The summed E-state index contributed by atoms with van der Waals surface area (Å²) in [4.78, 5) is 17.8. The quantitative estimate of drug-likeness (QED) is 0.311. The number of hydrogen-bond acceptors (Lipinski definition) is 6. The number of halogens is 2. The summed E-state index contributed by atoms with van der Waals surface area (Å²) in [6.07, 6.45) is 0. The van der Waals surface area contributed by atoms with Gasteiger partial charge in [0, 0.05) is 10.6 Å². The molecule has 0 atom stereocenters. The first-order valence-corrected chi connectivity index (χ1v) is 10.6. The van der Waals surface area contributed by atoms with Crippen LogP contribution in [-0.4, -0.2) is 25.5 Å². The molecule has 160 valence electrons. The van der Waals surface area contributed by atoms with Crippen molar-refractivity contribution in [3.05, 3.63) is 82.5 Å². The number of rotatable bonds is 4. The summed E-state index contributed by atoms with van der Waals surface area (Å²) < 4.78 is 20.9. The van der Waals surface area contributed by atoms with Gasteiger partial charge in [-0.05, 0) is 49.4 Å². The molecule has 9 heteroatoms. The third kappa shape index (κ3) is 3.24. The van der Waals surface area contributed by atoms with Crippen LogP contribution in [0.5, 0.6) is 11.6 Å². The van der Waals surface area contributed by atoms with Crippen LogP contribution in [0.25, 0.3) is 26.6 Å². The highest BCUT2D eigenvalue weighted by Gasteiger charge is 2.32. The minimum absolute atomic E-state index is 0.00426. The van der Waals surface area contributed by atoms with Gasteiger partial charge >= 0.3 is 0 Å². The van der Waals surface area contributed by atoms with Crippen molar-refractivity contribution < 1.29 is 23.8 Å². The summed E-state index contributed by atoms with van der Waals surface area (Å²) in [5.74, 6) is -1.72. The van der Waals surface area contributed by atoms with E-state index >= 15 is 0 Å². The number of hydrogen-bond donors (Lipinski definition) is 2. The van der Waals surface area contributed by atoms with Gasteiger partial charge in [-0.15, -0.1) is 0 Å². The summed E-state index contributed by atoms with van der Waals surface area (Å²) >= 11 is 7.28. The summed E-state index contributed by atoms with van der Waals surface area (Å²) in [5.41, 5.74) is 0.987. The average Bonchev–Trinajstić information content (AvgIpc) is 3.44. The Kier molecular flexibility index (Phi) is 4.76. The number of furan rings is 1. The first-order chi connectivity index (χ1) is 15.3. The Labute approximate surface area is 189 Å². The molecule has 0 amide bonds. The normalized spacial score (nSPS) is 11.3. The van der Waals surface area contributed by atoms with E-state index in [1.165, 1.54) is 28.8 Å². The van der Waals surface area contributed by atoms with Gasteiger partial charge in [-0.3, -0.25) is 9.36 Å². The Balaban J connectivity index is 1.82. The maximum absolute atomic E-state index is 13.7. The topological polar surface area (TPSA) is 88.5 Å². The van der Waals surface area contributed by atoms with Crippen LogP contribution in [0.4, 0.5) is 4.39 Å². The van der Waals surface area contributed by atoms with Crippen LogP contribution in [0.15, 0.2) is 59.0 Å². The molecule has 0 saturated carbocycles. The third-order valence-corrected chi connectivity index (χ3v) is 6.18. The molecule has 6 nitrogen and oxygen atoms in total. The van der Waals surface area contributed by atoms with Gasteiger partial charge in [0.1, 0.15) is 11.6 Å². The summed E-state index contributed by atoms with van der Waals surface area (Å²) in [6.45, 7) is 1.69. The lowest BCUT2D eigenvalue weighted by atomic mass is 10.0. The van der Waals surface area contributed by atoms with Gasteiger partial charge in [0.05, 0.1) is 21.5 Å². The molecular formula is C23H14ClFN2O4S. The zero-order chi connectivity index (χ0) is 22.6. The molecule has 0 unspecified atom stereocenters. The van der Waals surface area contributed by atoms with Crippen molar-refractivity contribution in [1.29, 1.82) is 0 Å². The van der Waals surface area contributed by atoms with Crippen LogP contribution in [-0.2, 0) is 0 Å². The van der Waals surface area contributed by atoms with Crippen LogP contribution in [0.2, 0.25) is 5.02 Å². The average molecular weight is 469 g/mol. The van der Waals surface area contributed by atoms with Crippen LogP contribution >= 0.6 is 22.9 Å². The van der Waals surface area contributed by atoms with Crippen molar-refractivity contribution in [2.24, 2.45) is 0 Å². The number of aryl methyl sites for hydroxylation is 1. The van der Waals surface area contributed by atoms with Crippen molar-refractivity contribution in [3.63, 3.8) is 0 Å². The van der Waals surface area contributed by atoms with E-state index in [-0.39, 0.29) is 22.1 Å². The van der Waals surface area contributed by atoms with Crippen LogP contribution in [0.1, 0.15) is 21.9 Å². The van der Waals surface area contributed by atoms with E-state index in [1.807, 2.05) is 0 Å². The molecule has 32 heavy (non-hydrogen) atoms. The van der Waals surface area contributed by atoms with Gasteiger partial charge < -0.3 is 14.6 Å². The van der Waals surface area contributed by atoms with Gasteiger partial charge in [0.15, 0.2) is 16.6 Å². The Bertz CT molecular complexity index is 1520. The highest BCUT2D eigenvalue weighted by atomic mass is 35.5. The van der Waals surface area contributed by atoms with Crippen molar-refractivity contribution in [2.45, 2.75) is 6.92 Å². The molecule has 0 bridgehead atoms. The summed E-state index contributed by atoms with van der Waals surface area (Å²) in [7, 11) is 0. The predicted molar refractivity (Wildman–Crippen MR) is 120 cm³/mol. The highest BCUT2D eigenvalue weighted by Crippen LogP contribution is 2.45. The Morgan fingerprint density at radius 3 is 2.69 bits per heavy atom. The van der Waals surface area contributed by atoms with Gasteiger partial charge in [-0.1, -0.05) is 35.1 Å². The second-order valence-electron chi connectivity index (χ2n) is 7.09. The van der Waals surface area contributed by atoms with Crippen LogP contribution in [0.3, 0.4) is 0 Å². The molecule has 2 N–H and O–H groups in total. The smallest absolute Gasteiger partial charge is 0.242 e. The largest absolute Gasteiger partial charge is 0.503 e. The monoisotopic (exact) mass is 468 g/mol. The Morgan fingerprint density at radius 2 is 1.97 bits per heavy atom. The van der Waals surface area contributed by atoms with Gasteiger partial charge in [-0.25, -0.2) is 9.37 Å². The lowest BCUT2D eigenvalue weighted by Gasteiger charge is -2.09. The molecule has 5 aromatic rings. The maximum Gasteiger partial charge on any atom is 0.242 e. The van der Waals surface area contributed by atoms with Crippen LogP contribution in [0, 0.1) is 12.7 Å². The van der Waals surface area contributed by atoms with E-state index in [0.717, 1.165) is 11.3 Å². The first-order valence-electron chi connectivity index (χ1n) is 9.43. The minimum atomic E-state index is -0.621. The number of thiazole rings is 1. The maximum atomic E-state index is 13.7. The van der Waals surface area contributed by atoms with Crippen molar-refractivity contribution in [1.82, 2.24) is 9.55 Å². The van der Waals surface area contributed by atoms with Crippen LogP contribution < -0.4 is 0 Å². The Morgan fingerprint density at radius 1 is 1.16 bits per heavy atom. The predicted octanol–water partition coefficient (Wildman–Crippen LogP) is 6.09. The lowest BCUT2D eigenvalue weighted by molar-refractivity contribution is 0.101. The highest BCUT2D eigenvalue weighted by molar-refractivity contribution is 7.20. The summed E-state index contributed by atoms with van der Waals surface area (Å²) in [6, 6.07) is 13.9. The standard InChI is InChI=1S/C23H14ClFN2O4S/c1-11-5-8-16(31-11)20(28)18-19(12-3-2-4-13(24)9-12)27(22(30)21(18)29)23-26-15-7-6-14(25)10-17(15)32-23/h2-10,29-30H,1H3. The summed E-state index contributed by atoms with van der Waals surface area (Å²) in [5, 5.41) is 22.3. The van der Waals surface area contributed by atoms with Gasteiger partial charge in [0.2, 0.25) is 11.7 Å². The number of benzene rings is 2. The molecule has 3 heterocycles. The number of nitrogens with zero attached hydrogens (tertiary/aromatic N) is 2. The van der Waals surface area contributed by atoms with Crippen molar-refractivity contribution in [2.75, 3.05) is 0 Å². The Hall–Kier alpha value is -3.62. The second kappa shape index (κ2) is 7.51. The third-order valence-electron chi connectivity index (χ3n) is 4.94. The van der Waals surface area contributed by atoms with E-state index in [2.05, 4.69) is 4.98 Å². The van der Waals surface area contributed by atoms with E-state index in [1.54, 1.807) is 37.3 Å². The number of fused-ring (bicyclic) bond motifs is 1. The molecule has 0 spiro atoms. The first kappa shape index (κ1) is 20.3. The fourth-order valence-electron chi connectivity index (χ4n) is 3.52. The number of aromatic hydroxyl groups is 2. The molecule has 0 saturated heterocycles. The number of ketones is 1. The number of aromatic nitrogens is 2. The number of carbonyl (C=O) groups excluding carboxylic acids is 1. The molecule has 5 rings (SSSR count). The molecule has 0 aliphatic carbocycles. The van der Waals surface area contributed by atoms with Gasteiger partial charge in [0.25, 0.3) is 0 Å². The van der Waals surface area contributed by atoms with Gasteiger partial charge in [-0.2, -0.15) is 0 Å². The van der Waals surface area contributed by atoms with E-state index in [4.69, 9.17) is 16.0 Å². The molecule has 2 aromatic carbocycles. The fraction of sp³-hybridized carbons (Fsp3) is 0.0435. The molecular weight excluding hydrogens is 455 g/mol. The minimum Gasteiger partial charge on any atom is -0.503 e. The van der Waals surface area contributed by atoms with E-state index in [9.17, 15) is 19.4 Å². The zero-order valence-electron chi connectivity index (χ0n) is 16.5. The number of carbonyl (C=O) groups is 1. The molecule has 3 aromatic heterocycles. The molecule has 0 aliphatic heterocycles. The molecule has 0 fully saturated rings. The fourth-order valence-corrected chi connectivity index (χ4v) is 4.71. The zero-order valence-corrected chi connectivity index (χ0v) is 18.0. The SMILES string of the molecule is Cc1ccc(C(=O)c2c(O)c(O)n(-c3nc4ccc(F)cc4s3)c2-c2cccc(Cl)c2)o1. The second-order valence-corrected chi connectivity index (χ2v) is 8.54. The van der Waals surface area contributed by atoms with Crippen molar-refractivity contribution in [3.8, 4) is 28.0 Å². The van der Waals surface area contributed by atoms with Crippen molar-refractivity contribution >= 4 is 38.9 Å². The lowest BCUT2D eigenvalue weighted by Crippen LogP contribution is -2.04.